The fourth-order valence-electron chi connectivity index (χ4n) is 2.41. The predicted molar refractivity (Wildman–Crippen MR) is 101 cm³/mol. The van der Waals surface area contributed by atoms with Gasteiger partial charge in [-0.2, -0.15) is 0 Å². The van der Waals surface area contributed by atoms with Crippen molar-refractivity contribution in [2.24, 2.45) is 0 Å². The number of aromatic amines is 1. The van der Waals surface area contributed by atoms with E-state index in [0.29, 0.717) is 18.0 Å². The molecule has 0 spiro atoms. The summed E-state index contributed by atoms with van der Waals surface area (Å²) in [5, 5.41) is 4.07. The number of benzene rings is 2. The lowest BCUT2D eigenvalue weighted by atomic mass is 10.2. The second-order valence-corrected chi connectivity index (χ2v) is 6.50. The Morgan fingerprint density at radius 3 is 2.88 bits per heavy atom. The number of nitrogens with one attached hydrogen (secondary N) is 2. The van der Waals surface area contributed by atoms with Gasteiger partial charge in [-0.15, -0.1) is 11.8 Å². The normalized spacial score (nSPS) is 10.6. The summed E-state index contributed by atoms with van der Waals surface area (Å²) in [6.45, 7) is 0.579. The number of aromatic nitrogens is 1. The number of thioether (sulfide) groups is 1. The van der Waals surface area contributed by atoms with Crippen molar-refractivity contribution in [1.29, 1.82) is 0 Å². The van der Waals surface area contributed by atoms with Crippen LogP contribution in [0, 0.1) is 0 Å². The van der Waals surface area contributed by atoms with Crippen molar-refractivity contribution in [3.63, 3.8) is 0 Å². The van der Waals surface area contributed by atoms with Crippen molar-refractivity contribution >= 4 is 28.6 Å². The van der Waals surface area contributed by atoms with Crippen LogP contribution < -0.4 is 14.8 Å². The first-order chi connectivity index (χ1) is 12.3. The largest absolute Gasteiger partial charge is 0.497 e. The molecule has 6 heteroatoms. The molecule has 0 aliphatic rings. The van der Waals surface area contributed by atoms with Gasteiger partial charge in [0, 0.05) is 40.4 Å². The summed E-state index contributed by atoms with van der Waals surface area (Å²) in [5.74, 6) is 1.98. The molecule has 130 valence electrons. The van der Waals surface area contributed by atoms with Crippen LogP contribution in [0.4, 0.5) is 0 Å². The number of ether oxygens (including phenoxy) is 2. The van der Waals surface area contributed by atoms with Gasteiger partial charge < -0.3 is 19.8 Å². The summed E-state index contributed by atoms with van der Waals surface area (Å²) in [4.78, 5) is 16.3. The molecule has 0 aliphatic carbocycles. The molecule has 1 amide bonds. The lowest BCUT2D eigenvalue weighted by Gasteiger charge is -2.08. The molecule has 25 heavy (non-hydrogen) atoms. The van der Waals surface area contributed by atoms with E-state index in [1.165, 1.54) is 10.3 Å². The van der Waals surface area contributed by atoms with E-state index in [2.05, 4.69) is 22.4 Å². The highest BCUT2D eigenvalue weighted by Crippen LogP contribution is 2.27. The molecule has 0 radical (unpaired) electrons. The number of hydrogen-bond donors (Lipinski definition) is 2. The van der Waals surface area contributed by atoms with Crippen molar-refractivity contribution in [3.05, 3.63) is 54.7 Å². The maximum atomic E-state index is 11.9. The molecule has 0 saturated carbocycles. The van der Waals surface area contributed by atoms with Crippen LogP contribution in [-0.2, 0) is 4.79 Å². The maximum absolute atomic E-state index is 11.9. The SMILES string of the molecule is COc1cccc(OCC(=O)NCCSc2c[nH]c3ccccc23)c1. The first kappa shape index (κ1) is 17.2. The number of methoxy groups -OCH3 is 1. The van der Waals surface area contributed by atoms with Crippen LogP contribution in [0.25, 0.3) is 10.9 Å². The van der Waals surface area contributed by atoms with Crippen LogP contribution in [0.3, 0.4) is 0 Å². The standard InChI is InChI=1S/C19H20N2O3S/c1-23-14-5-4-6-15(11-14)24-13-19(22)20-9-10-25-18-12-21-17-8-3-2-7-16(17)18/h2-8,11-12,21H,9-10,13H2,1H3,(H,20,22). The van der Waals surface area contributed by atoms with E-state index in [9.17, 15) is 4.79 Å². The number of carbonyl (C=O) groups excluding carboxylic acids is 1. The molecule has 1 heterocycles. The lowest BCUT2D eigenvalue weighted by molar-refractivity contribution is -0.122. The number of amides is 1. The Hall–Kier alpha value is -2.60. The summed E-state index contributed by atoms with van der Waals surface area (Å²) in [5.41, 5.74) is 1.13. The lowest BCUT2D eigenvalue weighted by Crippen LogP contribution is -2.30. The number of fused-ring (bicyclic) bond motifs is 1. The fraction of sp³-hybridized carbons (Fsp3) is 0.211. The van der Waals surface area contributed by atoms with Crippen LogP contribution >= 0.6 is 11.8 Å². The van der Waals surface area contributed by atoms with Crippen molar-refractivity contribution in [2.75, 3.05) is 26.0 Å². The van der Waals surface area contributed by atoms with Gasteiger partial charge in [-0.1, -0.05) is 24.3 Å². The molecule has 0 atom stereocenters. The first-order valence-electron chi connectivity index (χ1n) is 7.99. The summed E-state index contributed by atoms with van der Waals surface area (Å²) in [6.07, 6.45) is 2.00. The molecule has 0 saturated heterocycles. The topological polar surface area (TPSA) is 63.4 Å². The molecule has 2 N–H and O–H groups in total. The van der Waals surface area contributed by atoms with E-state index >= 15 is 0 Å². The maximum Gasteiger partial charge on any atom is 0.257 e. The Morgan fingerprint density at radius 2 is 2.00 bits per heavy atom. The van der Waals surface area contributed by atoms with Gasteiger partial charge in [0.2, 0.25) is 0 Å². The Balaban J connectivity index is 1.39. The van der Waals surface area contributed by atoms with Gasteiger partial charge >= 0.3 is 0 Å². The van der Waals surface area contributed by atoms with E-state index in [0.717, 1.165) is 11.3 Å². The van der Waals surface area contributed by atoms with Crippen LogP contribution in [0.2, 0.25) is 0 Å². The smallest absolute Gasteiger partial charge is 0.257 e. The van der Waals surface area contributed by atoms with Gasteiger partial charge in [0.1, 0.15) is 11.5 Å². The van der Waals surface area contributed by atoms with Crippen LogP contribution in [-0.4, -0.2) is 36.9 Å². The van der Waals surface area contributed by atoms with Gasteiger partial charge in [-0.25, -0.2) is 0 Å². The molecule has 0 fully saturated rings. The van der Waals surface area contributed by atoms with Gasteiger partial charge in [0.25, 0.3) is 5.91 Å². The molecule has 0 aliphatic heterocycles. The summed E-state index contributed by atoms with van der Waals surface area (Å²) < 4.78 is 10.6. The zero-order chi connectivity index (χ0) is 17.5. The number of H-pyrrole nitrogens is 1. The molecule has 0 unspecified atom stereocenters. The molecule has 1 aromatic heterocycles. The van der Waals surface area contributed by atoms with Crippen LogP contribution in [0.5, 0.6) is 11.5 Å². The molecule has 3 rings (SSSR count). The quantitative estimate of drug-likeness (QED) is 0.479. The second-order valence-electron chi connectivity index (χ2n) is 5.36. The third kappa shape index (κ3) is 4.70. The second kappa shape index (κ2) is 8.48. The van der Waals surface area contributed by atoms with Crippen LogP contribution in [0.1, 0.15) is 0 Å². The molecule has 2 aromatic carbocycles. The van der Waals surface area contributed by atoms with Gasteiger partial charge in [-0.3, -0.25) is 4.79 Å². The summed E-state index contributed by atoms with van der Waals surface area (Å²) in [7, 11) is 1.59. The Labute approximate surface area is 150 Å². The number of rotatable bonds is 8. The highest BCUT2D eigenvalue weighted by Gasteiger charge is 2.05. The predicted octanol–water partition coefficient (Wildman–Crippen LogP) is 3.46. The Bertz CT molecular complexity index is 847. The number of para-hydroxylation sites is 1. The minimum atomic E-state index is -0.137. The van der Waals surface area contributed by atoms with Crippen molar-refractivity contribution in [2.45, 2.75) is 4.90 Å². The van der Waals surface area contributed by atoms with Gasteiger partial charge in [0.15, 0.2) is 6.61 Å². The van der Waals surface area contributed by atoms with Crippen molar-refractivity contribution < 1.29 is 14.3 Å². The average Bonchev–Trinajstić information content (AvgIpc) is 3.07. The van der Waals surface area contributed by atoms with E-state index in [-0.39, 0.29) is 12.5 Å². The Kier molecular flexibility index (Phi) is 5.85. The highest BCUT2D eigenvalue weighted by molar-refractivity contribution is 7.99. The molecule has 5 nitrogen and oxygen atoms in total. The first-order valence-corrected chi connectivity index (χ1v) is 8.97. The Morgan fingerprint density at radius 1 is 1.16 bits per heavy atom. The third-order valence-corrected chi connectivity index (χ3v) is 4.70. The molecule has 3 aromatic rings. The van der Waals surface area contributed by atoms with E-state index in [1.54, 1.807) is 31.0 Å². The average molecular weight is 356 g/mol. The monoisotopic (exact) mass is 356 g/mol. The van der Waals surface area contributed by atoms with Gasteiger partial charge in [-0.05, 0) is 18.2 Å². The minimum Gasteiger partial charge on any atom is -0.497 e. The molecular weight excluding hydrogens is 336 g/mol. The number of hydrogen-bond acceptors (Lipinski definition) is 4. The third-order valence-electron chi connectivity index (χ3n) is 3.64. The molecular formula is C19H20N2O3S. The van der Waals surface area contributed by atoms with E-state index in [1.807, 2.05) is 30.5 Å². The van der Waals surface area contributed by atoms with Crippen LogP contribution in [0.15, 0.2) is 59.6 Å². The molecule has 0 bridgehead atoms. The fourth-order valence-corrected chi connectivity index (χ4v) is 3.31. The number of carbonyl (C=O) groups is 1. The van der Waals surface area contributed by atoms with Crippen molar-refractivity contribution in [3.8, 4) is 11.5 Å². The zero-order valence-corrected chi connectivity index (χ0v) is 14.8. The highest BCUT2D eigenvalue weighted by atomic mass is 32.2. The zero-order valence-electron chi connectivity index (χ0n) is 14.0. The van der Waals surface area contributed by atoms with Crippen molar-refractivity contribution in [1.82, 2.24) is 10.3 Å². The van der Waals surface area contributed by atoms with Gasteiger partial charge in [0.05, 0.1) is 7.11 Å². The minimum absolute atomic E-state index is 0.00901. The van der Waals surface area contributed by atoms with E-state index in [4.69, 9.17) is 9.47 Å². The van der Waals surface area contributed by atoms with E-state index < -0.39 is 0 Å². The summed E-state index contributed by atoms with van der Waals surface area (Å²) in [6, 6.07) is 15.4. The summed E-state index contributed by atoms with van der Waals surface area (Å²) >= 11 is 1.71.